The highest BCUT2D eigenvalue weighted by atomic mass is 35.5. The summed E-state index contributed by atoms with van der Waals surface area (Å²) < 4.78 is 4.98. The number of hydrogen-bond acceptors (Lipinski definition) is 4. The predicted molar refractivity (Wildman–Crippen MR) is 93.2 cm³/mol. The Morgan fingerprint density at radius 1 is 1.00 bits per heavy atom. The van der Waals surface area contributed by atoms with Gasteiger partial charge in [-0.25, -0.2) is 4.79 Å². The zero-order valence-electron chi connectivity index (χ0n) is 12.7. The minimum Gasteiger partial charge on any atom is -0.461 e. The first-order chi connectivity index (χ1) is 11.6. The summed E-state index contributed by atoms with van der Waals surface area (Å²) in [6, 6.07) is 13.0. The first-order valence-corrected chi connectivity index (χ1v) is 7.99. The number of ether oxygens (including phenoxy) is 1. The number of carbonyl (C=O) groups is 1. The Balaban J connectivity index is 1.91. The lowest BCUT2D eigenvalue weighted by Crippen LogP contribution is -2.06. The van der Waals surface area contributed by atoms with Crippen molar-refractivity contribution >= 4 is 29.2 Å². The SMILES string of the molecule is CCOC(=O)c1n[nH]nc1-c1ccc(-c2ccc(Cl)c(Cl)c2)cc1. The van der Waals surface area contributed by atoms with Crippen LogP contribution in [0.4, 0.5) is 0 Å². The van der Waals surface area contributed by atoms with Gasteiger partial charge in [0.1, 0.15) is 5.69 Å². The maximum absolute atomic E-state index is 11.9. The molecule has 0 spiro atoms. The molecule has 0 saturated carbocycles. The van der Waals surface area contributed by atoms with Gasteiger partial charge in [-0.1, -0.05) is 53.5 Å². The standard InChI is InChI=1S/C17H13Cl2N3O2/c1-2-24-17(23)16-15(20-22-21-16)11-5-3-10(4-6-11)12-7-8-13(18)14(19)9-12/h3-9H,2H2,1H3,(H,20,21,22). The molecule has 0 aliphatic carbocycles. The summed E-state index contributed by atoms with van der Waals surface area (Å²) in [6.07, 6.45) is 0. The third-order valence-electron chi connectivity index (χ3n) is 3.43. The minimum atomic E-state index is -0.505. The first-order valence-electron chi connectivity index (χ1n) is 7.24. The Hall–Kier alpha value is -2.37. The van der Waals surface area contributed by atoms with Gasteiger partial charge in [-0.05, 0) is 30.2 Å². The molecular weight excluding hydrogens is 349 g/mol. The number of aromatic nitrogens is 3. The Bertz CT molecular complexity index is 876. The fourth-order valence-corrected chi connectivity index (χ4v) is 2.57. The Labute approximate surface area is 148 Å². The molecule has 0 fully saturated rings. The van der Waals surface area contributed by atoms with Gasteiger partial charge < -0.3 is 4.74 Å². The van der Waals surface area contributed by atoms with Crippen molar-refractivity contribution in [2.24, 2.45) is 0 Å². The highest BCUT2D eigenvalue weighted by molar-refractivity contribution is 6.42. The molecule has 0 radical (unpaired) electrons. The molecule has 0 bridgehead atoms. The maximum atomic E-state index is 11.9. The Morgan fingerprint density at radius 2 is 1.67 bits per heavy atom. The Kier molecular flexibility index (Phi) is 4.83. The van der Waals surface area contributed by atoms with Crippen LogP contribution in [0.25, 0.3) is 22.4 Å². The molecule has 1 heterocycles. The second-order valence-electron chi connectivity index (χ2n) is 4.95. The lowest BCUT2D eigenvalue weighted by molar-refractivity contribution is 0.0520. The average molecular weight is 362 g/mol. The van der Waals surface area contributed by atoms with Gasteiger partial charge in [-0.3, -0.25) is 0 Å². The van der Waals surface area contributed by atoms with Crippen LogP contribution in [0.5, 0.6) is 0 Å². The van der Waals surface area contributed by atoms with Crippen LogP contribution < -0.4 is 0 Å². The van der Waals surface area contributed by atoms with Crippen LogP contribution in [0, 0.1) is 0 Å². The van der Waals surface area contributed by atoms with Gasteiger partial charge in [0, 0.05) is 5.56 Å². The molecule has 0 aliphatic rings. The number of esters is 1. The average Bonchev–Trinajstić information content (AvgIpc) is 3.07. The molecule has 0 unspecified atom stereocenters. The molecule has 0 atom stereocenters. The molecule has 0 saturated heterocycles. The van der Waals surface area contributed by atoms with Crippen molar-refractivity contribution in [3.05, 3.63) is 58.2 Å². The quantitative estimate of drug-likeness (QED) is 0.688. The second kappa shape index (κ2) is 7.03. The fraction of sp³-hybridized carbons (Fsp3) is 0.118. The summed E-state index contributed by atoms with van der Waals surface area (Å²) in [5.74, 6) is -0.505. The van der Waals surface area contributed by atoms with Crippen molar-refractivity contribution < 1.29 is 9.53 Å². The van der Waals surface area contributed by atoms with Crippen molar-refractivity contribution in [3.8, 4) is 22.4 Å². The van der Waals surface area contributed by atoms with Gasteiger partial charge >= 0.3 is 5.97 Å². The molecule has 24 heavy (non-hydrogen) atoms. The third-order valence-corrected chi connectivity index (χ3v) is 4.17. The van der Waals surface area contributed by atoms with Crippen molar-refractivity contribution in [1.29, 1.82) is 0 Å². The van der Waals surface area contributed by atoms with Crippen LogP contribution in [0.2, 0.25) is 10.0 Å². The van der Waals surface area contributed by atoms with Crippen molar-refractivity contribution in [3.63, 3.8) is 0 Å². The van der Waals surface area contributed by atoms with Crippen molar-refractivity contribution in [1.82, 2.24) is 15.4 Å². The number of nitrogens with one attached hydrogen (secondary N) is 1. The number of hydrogen-bond donors (Lipinski definition) is 1. The van der Waals surface area contributed by atoms with Gasteiger partial charge in [0.25, 0.3) is 0 Å². The lowest BCUT2D eigenvalue weighted by Gasteiger charge is -2.05. The summed E-state index contributed by atoms with van der Waals surface area (Å²) in [5.41, 5.74) is 3.30. The highest BCUT2D eigenvalue weighted by Gasteiger charge is 2.18. The maximum Gasteiger partial charge on any atom is 0.361 e. The van der Waals surface area contributed by atoms with Crippen molar-refractivity contribution in [2.75, 3.05) is 6.61 Å². The zero-order valence-corrected chi connectivity index (χ0v) is 14.2. The van der Waals surface area contributed by atoms with Gasteiger partial charge in [0.05, 0.1) is 16.7 Å². The highest BCUT2D eigenvalue weighted by Crippen LogP contribution is 2.30. The fourth-order valence-electron chi connectivity index (χ4n) is 2.27. The smallest absolute Gasteiger partial charge is 0.361 e. The van der Waals surface area contributed by atoms with Crippen LogP contribution >= 0.6 is 23.2 Å². The molecule has 0 amide bonds. The number of aromatic amines is 1. The number of halogens is 2. The number of nitrogens with zero attached hydrogens (tertiary/aromatic N) is 2. The first kappa shape index (κ1) is 16.5. The molecule has 5 nitrogen and oxygen atoms in total. The molecule has 3 aromatic rings. The van der Waals surface area contributed by atoms with E-state index < -0.39 is 5.97 Å². The predicted octanol–water partition coefficient (Wildman–Crippen LogP) is 4.62. The van der Waals surface area contributed by atoms with E-state index in [1.54, 1.807) is 19.1 Å². The van der Waals surface area contributed by atoms with Crippen LogP contribution in [0.1, 0.15) is 17.4 Å². The number of rotatable bonds is 4. The Morgan fingerprint density at radius 3 is 2.33 bits per heavy atom. The molecular formula is C17H13Cl2N3O2. The molecule has 3 rings (SSSR count). The number of H-pyrrole nitrogens is 1. The van der Waals surface area contributed by atoms with E-state index in [9.17, 15) is 4.79 Å². The van der Waals surface area contributed by atoms with E-state index in [2.05, 4.69) is 15.4 Å². The molecule has 2 aromatic carbocycles. The van der Waals surface area contributed by atoms with E-state index in [0.29, 0.717) is 15.7 Å². The second-order valence-corrected chi connectivity index (χ2v) is 5.76. The van der Waals surface area contributed by atoms with E-state index in [-0.39, 0.29) is 12.3 Å². The van der Waals surface area contributed by atoms with Crippen LogP contribution in [-0.2, 0) is 4.74 Å². The summed E-state index contributed by atoms with van der Waals surface area (Å²) in [6.45, 7) is 2.02. The molecule has 7 heteroatoms. The van der Waals surface area contributed by atoms with Gasteiger partial charge in [-0.15, -0.1) is 5.10 Å². The van der Waals surface area contributed by atoms with E-state index in [0.717, 1.165) is 16.7 Å². The summed E-state index contributed by atoms with van der Waals surface area (Å²) in [5, 5.41) is 11.4. The van der Waals surface area contributed by atoms with E-state index in [1.807, 2.05) is 30.3 Å². The zero-order chi connectivity index (χ0) is 17.1. The largest absolute Gasteiger partial charge is 0.461 e. The summed E-state index contributed by atoms with van der Waals surface area (Å²) in [7, 11) is 0. The third kappa shape index (κ3) is 3.27. The van der Waals surface area contributed by atoms with Gasteiger partial charge in [0.15, 0.2) is 5.69 Å². The molecule has 122 valence electrons. The lowest BCUT2D eigenvalue weighted by atomic mass is 10.0. The van der Waals surface area contributed by atoms with Gasteiger partial charge in [-0.2, -0.15) is 10.3 Å². The molecule has 1 aromatic heterocycles. The topological polar surface area (TPSA) is 67.9 Å². The van der Waals surface area contributed by atoms with Crippen LogP contribution in [0.15, 0.2) is 42.5 Å². The number of carbonyl (C=O) groups excluding carboxylic acids is 1. The van der Waals surface area contributed by atoms with E-state index in [1.165, 1.54) is 0 Å². The summed E-state index contributed by atoms with van der Waals surface area (Å²) in [4.78, 5) is 11.9. The van der Waals surface area contributed by atoms with Crippen LogP contribution in [0.3, 0.4) is 0 Å². The normalized spacial score (nSPS) is 10.6. The minimum absolute atomic E-state index is 0.166. The van der Waals surface area contributed by atoms with Crippen molar-refractivity contribution in [2.45, 2.75) is 6.92 Å². The number of benzene rings is 2. The summed E-state index contributed by atoms with van der Waals surface area (Å²) >= 11 is 12.0. The van der Waals surface area contributed by atoms with E-state index >= 15 is 0 Å². The molecule has 0 aliphatic heterocycles. The van der Waals surface area contributed by atoms with Gasteiger partial charge in [0.2, 0.25) is 0 Å². The van der Waals surface area contributed by atoms with E-state index in [4.69, 9.17) is 27.9 Å². The van der Waals surface area contributed by atoms with Crippen LogP contribution in [-0.4, -0.2) is 28.0 Å². The molecule has 1 N–H and O–H groups in total. The monoisotopic (exact) mass is 361 g/mol.